The second kappa shape index (κ2) is 6.63. The van der Waals surface area contributed by atoms with Crippen molar-refractivity contribution in [3.05, 3.63) is 0 Å². The van der Waals surface area contributed by atoms with Gasteiger partial charge in [0.25, 0.3) is 0 Å². The summed E-state index contributed by atoms with van der Waals surface area (Å²) in [6, 6.07) is 0. The van der Waals surface area contributed by atoms with Crippen LogP contribution in [0.4, 0.5) is 0 Å². The summed E-state index contributed by atoms with van der Waals surface area (Å²) in [5.74, 6) is 1.96. The summed E-state index contributed by atoms with van der Waals surface area (Å²) in [5, 5.41) is 0. The van der Waals surface area contributed by atoms with Gasteiger partial charge in [-0.3, -0.25) is 4.79 Å². The van der Waals surface area contributed by atoms with Gasteiger partial charge in [-0.25, -0.2) is 0 Å². The number of halogens is 1. The van der Waals surface area contributed by atoms with Crippen LogP contribution in [-0.2, 0) is 4.79 Å². The van der Waals surface area contributed by atoms with E-state index in [1.54, 1.807) is 0 Å². The number of hydrogen-bond donors (Lipinski definition) is 0. The van der Waals surface area contributed by atoms with Crippen molar-refractivity contribution in [1.29, 1.82) is 0 Å². The van der Waals surface area contributed by atoms with Gasteiger partial charge in [-0.1, -0.05) is 32.1 Å². The Morgan fingerprint density at radius 2 is 1.71 bits per heavy atom. The second-order valence-electron chi connectivity index (χ2n) is 5.64. The quantitative estimate of drug-likeness (QED) is 0.694. The van der Waals surface area contributed by atoms with Crippen LogP contribution in [0.5, 0.6) is 0 Å². The summed E-state index contributed by atoms with van der Waals surface area (Å²) in [7, 11) is 0. The highest BCUT2D eigenvalue weighted by Crippen LogP contribution is 2.26. The van der Waals surface area contributed by atoms with Gasteiger partial charge in [0, 0.05) is 24.9 Å². The monoisotopic (exact) mass is 257 g/mol. The molecule has 1 saturated heterocycles. The number of alkyl halides is 1. The number of carbonyl (C=O) groups is 1. The molecule has 0 aromatic rings. The molecule has 1 aliphatic heterocycles. The van der Waals surface area contributed by atoms with Gasteiger partial charge in [0.2, 0.25) is 5.91 Å². The zero-order valence-corrected chi connectivity index (χ0v) is 11.4. The van der Waals surface area contributed by atoms with E-state index in [0.29, 0.717) is 23.6 Å². The van der Waals surface area contributed by atoms with Crippen LogP contribution in [0.25, 0.3) is 0 Å². The molecule has 1 unspecified atom stereocenters. The normalized spacial score (nSPS) is 27.8. The van der Waals surface area contributed by atoms with Gasteiger partial charge < -0.3 is 4.90 Å². The van der Waals surface area contributed by atoms with Gasteiger partial charge >= 0.3 is 0 Å². The minimum absolute atomic E-state index is 0.310. The first-order valence-corrected chi connectivity index (χ1v) is 7.69. The first-order chi connectivity index (χ1) is 8.31. The summed E-state index contributed by atoms with van der Waals surface area (Å²) < 4.78 is 0. The second-order valence-corrected chi connectivity index (χ2v) is 5.94. The number of hydrogen-bond acceptors (Lipinski definition) is 1. The predicted octanol–water partition coefficient (Wildman–Crippen LogP) is 3.43. The van der Waals surface area contributed by atoms with Crippen molar-refractivity contribution in [2.75, 3.05) is 19.0 Å². The average Bonchev–Trinajstić information content (AvgIpc) is 2.76. The third-order valence-electron chi connectivity index (χ3n) is 4.27. The summed E-state index contributed by atoms with van der Waals surface area (Å²) >= 11 is 5.87. The van der Waals surface area contributed by atoms with E-state index in [0.717, 1.165) is 32.4 Å². The Hall–Kier alpha value is -0.240. The molecule has 1 saturated carbocycles. The van der Waals surface area contributed by atoms with Gasteiger partial charge in [-0.15, -0.1) is 11.6 Å². The molecule has 1 aliphatic carbocycles. The van der Waals surface area contributed by atoms with Crippen molar-refractivity contribution in [1.82, 2.24) is 4.90 Å². The highest BCUT2D eigenvalue weighted by atomic mass is 35.5. The molecule has 0 spiro atoms. The Kier molecular flexibility index (Phi) is 5.15. The van der Waals surface area contributed by atoms with E-state index >= 15 is 0 Å². The maximum atomic E-state index is 12.4. The number of amides is 1. The Morgan fingerprint density at radius 3 is 2.29 bits per heavy atom. The molecular weight excluding hydrogens is 234 g/mol. The van der Waals surface area contributed by atoms with E-state index < -0.39 is 0 Å². The average molecular weight is 258 g/mol. The number of rotatable bonds is 2. The third kappa shape index (κ3) is 3.61. The van der Waals surface area contributed by atoms with Crippen LogP contribution >= 0.6 is 11.6 Å². The highest BCUT2D eigenvalue weighted by molar-refractivity contribution is 6.18. The van der Waals surface area contributed by atoms with Crippen molar-refractivity contribution < 1.29 is 4.79 Å². The maximum Gasteiger partial charge on any atom is 0.225 e. The fraction of sp³-hybridized carbons (Fsp3) is 0.929. The zero-order valence-electron chi connectivity index (χ0n) is 10.7. The molecule has 0 aromatic heterocycles. The van der Waals surface area contributed by atoms with Crippen LogP contribution in [0.2, 0.25) is 0 Å². The minimum atomic E-state index is 0.310. The molecule has 17 heavy (non-hydrogen) atoms. The lowest BCUT2D eigenvalue weighted by molar-refractivity contribution is -0.135. The molecule has 1 atom stereocenters. The van der Waals surface area contributed by atoms with Crippen LogP contribution < -0.4 is 0 Å². The lowest BCUT2D eigenvalue weighted by Gasteiger charge is -2.25. The van der Waals surface area contributed by atoms with E-state index in [1.165, 1.54) is 32.1 Å². The SMILES string of the molecule is O=C(C1CCCCCCC1)N1CCC(CCl)C1. The Labute approximate surface area is 110 Å². The first-order valence-electron chi connectivity index (χ1n) is 7.16. The van der Waals surface area contributed by atoms with Crippen LogP contribution in [-0.4, -0.2) is 29.8 Å². The van der Waals surface area contributed by atoms with E-state index in [-0.39, 0.29) is 0 Å². The van der Waals surface area contributed by atoms with Crippen LogP contribution in [0.3, 0.4) is 0 Å². The molecule has 2 rings (SSSR count). The van der Waals surface area contributed by atoms with Crippen LogP contribution in [0.1, 0.15) is 51.4 Å². The Balaban J connectivity index is 1.85. The summed E-state index contributed by atoms with van der Waals surface area (Å²) in [5.41, 5.74) is 0. The molecular formula is C14H24ClNO. The summed E-state index contributed by atoms with van der Waals surface area (Å²) in [6.45, 7) is 1.84. The molecule has 2 aliphatic rings. The fourth-order valence-electron chi connectivity index (χ4n) is 3.12. The largest absolute Gasteiger partial charge is 0.342 e. The van der Waals surface area contributed by atoms with Crippen molar-refractivity contribution in [2.45, 2.75) is 51.4 Å². The lowest BCUT2D eigenvalue weighted by Crippen LogP contribution is -2.35. The zero-order chi connectivity index (χ0) is 12.1. The molecule has 1 heterocycles. The van der Waals surface area contributed by atoms with Gasteiger partial charge in [0.1, 0.15) is 0 Å². The van der Waals surface area contributed by atoms with Gasteiger partial charge in [-0.2, -0.15) is 0 Å². The van der Waals surface area contributed by atoms with Gasteiger partial charge in [-0.05, 0) is 25.2 Å². The number of carbonyl (C=O) groups excluding carboxylic acids is 1. The van der Waals surface area contributed by atoms with E-state index in [9.17, 15) is 4.79 Å². The molecule has 2 fully saturated rings. The molecule has 0 bridgehead atoms. The standard InChI is InChI=1S/C14H24ClNO/c15-10-12-8-9-16(11-12)14(17)13-6-4-2-1-3-5-7-13/h12-13H,1-11H2. The number of likely N-dealkylation sites (tertiary alicyclic amines) is 1. The van der Waals surface area contributed by atoms with E-state index in [1.807, 2.05) is 0 Å². The predicted molar refractivity (Wildman–Crippen MR) is 71.2 cm³/mol. The molecule has 3 heteroatoms. The van der Waals surface area contributed by atoms with E-state index in [4.69, 9.17) is 11.6 Å². The third-order valence-corrected chi connectivity index (χ3v) is 4.71. The minimum Gasteiger partial charge on any atom is -0.342 e. The molecule has 0 radical (unpaired) electrons. The topological polar surface area (TPSA) is 20.3 Å². The van der Waals surface area contributed by atoms with E-state index in [2.05, 4.69) is 4.90 Å². The van der Waals surface area contributed by atoms with Crippen LogP contribution in [0.15, 0.2) is 0 Å². The molecule has 0 aromatic carbocycles. The fourth-order valence-corrected chi connectivity index (χ4v) is 3.37. The molecule has 98 valence electrons. The maximum absolute atomic E-state index is 12.4. The summed E-state index contributed by atoms with van der Waals surface area (Å²) in [6.07, 6.45) is 9.79. The first kappa shape index (κ1) is 13.2. The van der Waals surface area contributed by atoms with Crippen molar-refractivity contribution in [3.8, 4) is 0 Å². The van der Waals surface area contributed by atoms with Crippen LogP contribution in [0, 0.1) is 11.8 Å². The highest BCUT2D eigenvalue weighted by Gasteiger charge is 2.30. The van der Waals surface area contributed by atoms with Crippen molar-refractivity contribution >= 4 is 17.5 Å². The van der Waals surface area contributed by atoms with Crippen molar-refractivity contribution in [3.63, 3.8) is 0 Å². The Morgan fingerprint density at radius 1 is 1.06 bits per heavy atom. The Bertz CT molecular complexity index is 249. The smallest absolute Gasteiger partial charge is 0.225 e. The van der Waals surface area contributed by atoms with Gasteiger partial charge in [0.05, 0.1) is 0 Å². The molecule has 1 amide bonds. The van der Waals surface area contributed by atoms with Gasteiger partial charge in [0.15, 0.2) is 0 Å². The number of nitrogens with zero attached hydrogens (tertiary/aromatic N) is 1. The lowest BCUT2D eigenvalue weighted by atomic mass is 9.90. The van der Waals surface area contributed by atoms with Crippen molar-refractivity contribution in [2.24, 2.45) is 11.8 Å². The molecule has 2 nitrogen and oxygen atoms in total. The summed E-state index contributed by atoms with van der Waals surface area (Å²) in [4.78, 5) is 14.5. The molecule has 0 N–H and O–H groups in total.